The molecule has 1 rings (SSSR count). The Hall–Kier alpha value is -1.69. The Kier molecular flexibility index (Phi) is 5.03. The smallest absolute Gasteiger partial charge is 0.253 e. The second-order valence-electron chi connectivity index (χ2n) is 4.17. The van der Waals surface area contributed by atoms with E-state index in [0.29, 0.717) is 6.42 Å². The number of nitrogens with zero attached hydrogens (tertiary/aromatic N) is 2. The van der Waals surface area contributed by atoms with E-state index in [-0.39, 0.29) is 25.5 Å². The highest BCUT2D eigenvalue weighted by molar-refractivity contribution is 6.13. The van der Waals surface area contributed by atoms with E-state index in [9.17, 15) is 14.4 Å². The van der Waals surface area contributed by atoms with Crippen LogP contribution in [0.5, 0.6) is 0 Å². The number of rotatable bonds is 6. The molecule has 1 aliphatic rings. The van der Waals surface area contributed by atoms with Crippen LogP contribution >= 0.6 is 0 Å². The molecule has 1 atom stereocenters. The van der Waals surface area contributed by atoms with Crippen LogP contribution in [-0.2, 0) is 14.4 Å². The largest absolute Gasteiger partial charge is 0.396 e. The molecule has 1 N–H and O–H groups in total. The van der Waals surface area contributed by atoms with Gasteiger partial charge in [-0.25, -0.2) is 0 Å². The molecule has 0 saturated heterocycles. The lowest BCUT2D eigenvalue weighted by atomic mass is 10.1. The number of aliphatic hydroxyl groups excluding tert-OH is 1. The van der Waals surface area contributed by atoms with Crippen molar-refractivity contribution in [3.05, 3.63) is 12.2 Å². The van der Waals surface area contributed by atoms with E-state index in [4.69, 9.17) is 5.11 Å². The van der Waals surface area contributed by atoms with E-state index in [1.54, 1.807) is 14.0 Å². The van der Waals surface area contributed by atoms with Crippen molar-refractivity contribution in [2.24, 2.45) is 0 Å². The number of hydrogen-bond acceptors (Lipinski definition) is 4. The van der Waals surface area contributed by atoms with Crippen LogP contribution < -0.4 is 0 Å². The van der Waals surface area contributed by atoms with Crippen LogP contribution in [0.15, 0.2) is 12.2 Å². The molecule has 100 valence electrons. The standard InChI is InChI=1S/C12H18N2O4/c1-3-10(16)13(2)8-9(6-7-15)14-11(17)4-5-12(14)18/h4-5,9,15H,3,6-8H2,1-2H3. The van der Waals surface area contributed by atoms with E-state index in [1.807, 2.05) is 0 Å². The van der Waals surface area contributed by atoms with E-state index >= 15 is 0 Å². The fourth-order valence-electron chi connectivity index (χ4n) is 1.91. The molecule has 0 fully saturated rings. The minimum Gasteiger partial charge on any atom is -0.396 e. The van der Waals surface area contributed by atoms with Gasteiger partial charge < -0.3 is 10.0 Å². The van der Waals surface area contributed by atoms with E-state index in [2.05, 4.69) is 0 Å². The van der Waals surface area contributed by atoms with Gasteiger partial charge in [0.15, 0.2) is 0 Å². The van der Waals surface area contributed by atoms with Gasteiger partial charge in [-0.05, 0) is 6.42 Å². The third kappa shape index (κ3) is 3.16. The van der Waals surface area contributed by atoms with Crippen molar-refractivity contribution in [1.82, 2.24) is 9.80 Å². The van der Waals surface area contributed by atoms with Crippen molar-refractivity contribution in [3.8, 4) is 0 Å². The lowest BCUT2D eigenvalue weighted by Crippen LogP contribution is -2.47. The minimum atomic E-state index is -0.481. The molecule has 0 aliphatic carbocycles. The van der Waals surface area contributed by atoms with Crippen molar-refractivity contribution in [3.63, 3.8) is 0 Å². The second kappa shape index (κ2) is 6.30. The van der Waals surface area contributed by atoms with Gasteiger partial charge in [-0.1, -0.05) is 6.92 Å². The minimum absolute atomic E-state index is 0.0648. The molecule has 1 heterocycles. The molecule has 3 amide bonds. The molecule has 0 aromatic carbocycles. The maximum absolute atomic E-state index is 11.6. The first-order valence-corrected chi connectivity index (χ1v) is 5.91. The molecule has 0 aromatic heterocycles. The van der Waals surface area contributed by atoms with Gasteiger partial charge in [0.05, 0.1) is 6.04 Å². The fourth-order valence-corrected chi connectivity index (χ4v) is 1.91. The Morgan fingerprint density at radius 2 is 1.94 bits per heavy atom. The summed E-state index contributed by atoms with van der Waals surface area (Å²) in [5, 5.41) is 9.01. The second-order valence-corrected chi connectivity index (χ2v) is 4.17. The van der Waals surface area contributed by atoms with Gasteiger partial charge in [0.25, 0.3) is 11.8 Å². The first kappa shape index (κ1) is 14.4. The quantitative estimate of drug-likeness (QED) is 0.650. The molecule has 0 spiro atoms. The highest BCUT2D eigenvalue weighted by Crippen LogP contribution is 2.13. The summed E-state index contributed by atoms with van der Waals surface area (Å²) in [6, 6.07) is -0.481. The van der Waals surface area contributed by atoms with Crippen LogP contribution in [0.25, 0.3) is 0 Å². The maximum Gasteiger partial charge on any atom is 0.253 e. The number of carbonyl (C=O) groups excluding carboxylic acids is 3. The van der Waals surface area contributed by atoms with Crippen LogP contribution in [0, 0.1) is 0 Å². The summed E-state index contributed by atoms with van der Waals surface area (Å²) in [5.41, 5.74) is 0. The number of imide groups is 1. The van der Waals surface area contributed by atoms with E-state index < -0.39 is 17.9 Å². The molecule has 6 nitrogen and oxygen atoms in total. The van der Waals surface area contributed by atoms with Gasteiger partial charge in [-0.15, -0.1) is 0 Å². The Labute approximate surface area is 106 Å². The summed E-state index contributed by atoms with van der Waals surface area (Å²) < 4.78 is 0. The summed E-state index contributed by atoms with van der Waals surface area (Å²) >= 11 is 0. The van der Waals surface area contributed by atoms with Crippen molar-refractivity contribution in [2.75, 3.05) is 20.2 Å². The Balaban J connectivity index is 2.74. The molecule has 1 aliphatic heterocycles. The molecule has 0 bridgehead atoms. The molecule has 0 radical (unpaired) electrons. The lowest BCUT2D eigenvalue weighted by molar-refractivity contribution is -0.142. The number of hydrogen-bond donors (Lipinski definition) is 1. The van der Waals surface area contributed by atoms with Gasteiger partial charge in [0.2, 0.25) is 5.91 Å². The van der Waals surface area contributed by atoms with E-state index in [0.717, 1.165) is 4.90 Å². The Morgan fingerprint density at radius 3 is 2.39 bits per heavy atom. The van der Waals surface area contributed by atoms with E-state index in [1.165, 1.54) is 17.1 Å². The van der Waals surface area contributed by atoms with Crippen LogP contribution in [-0.4, -0.2) is 58.9 Å². The number of likely N-dealkylation sites (N-methyl/N-ethyl adjacent to an activating group) is 1. The summed E-state index contributed by atoms with van der Waals surface area (Å²) in [6.45, 7) is 1.84. The SMILES string of the molecule is CCC(=O)N(C)CC(CCO)N1C(=O)C=CC1=O. The highest BCUT2D eigenvalue weighted by atomic mass is 16.3. The first-order valence-electron chi connectivity index (χ1n) is 5.91. The summed E-state index contributed by atoms with van der Waals surface area (Å²) in [7, 11) is 1.62. The maximum atomic E-state index is 11.6. The molecule has 0 saturated carbocycles. The third-order valence-electron chi connectivity index (χ3n) is 2.88. The van der Waals surface area contributed by atoms with Crippen LogP contribution in [0.1, 0.15) is 19.8 Å². The van der Waals surface area contributed by atoms with Crippen molar-refractivity contribution in [1.29, 1.82) is 0 Å². The molecule has 6 heteroatoms. The first-order chi connectivity index (χ1) is 8.51. The van der Waals surface area contributed by atoms with Crippen molar-refractivity contribution >= 4 is 17.7 Å². The average Bonchev–Trinajstić information content (AvgIpc) is 2.67. The molecule has 1 unspecified atom stereocenters. The molecular formula is C12H18N2O4. The van der Waals surface area contributed by atoms with Crippen molar-refractivity contribution in [2.45, 2.75) is 25.8 Å². The Bertz CT molecular complexity index is 360. The topological polar surface area (TPSA) is 77.9 Å². The van der Waals surface area contributed by atoms with Crippen LogP contribution in [0.4, 0.5) is 0 Å². The van der Waals surface area contributed by atoms with Gasteiger partial charge in [0, 0.05) is 38.8 Å². The predicted octanol–water partition coefficient (Wildman–Crippen LogP) is -0.469. The number of aliphatic hydroxyl groups is 1. The summed E-state index contributed by atoms with van der Waals surface area (Å²) in [4.78, 5) is 37.2. The van der Waals surface area contributed by atoms with Gasteiger partial charge in [0.1, 0.15) is 0 Å². The highest BCUT2D eigenvalue weighted by Gasteiger charge is 2.31. The predicted molar refractivity (Wildman–Crippen MR) is 64.4 cm³/mol. The average molecular weight is 254 g/mol. The zero-order valence-electron chi connectivity index (χ0n) is 10.6. The molecule has 0 aromatic rings. The number of amides is 3. The lowest BCUT2D eigenvalue weighted by Gasteiger charge is -2.29. The summed E-state index contributed by atoms with van der Waals surface area (Å²) in [5.74, 6) is -0.850. The fraction of sp³-hybridized carbons (Fsp3) is 0.583. The number of carbonyl (C=O) groups is 3. The van der Waals surface area contributed by atoms with Gasteiger partial charge >= 0.3 is 0 Å². The van der Waals surface area contributed by atoms with Crippen LogP contribution in [0.3, 0.4) is 0 Å². The zero-order valence-corrected chi connectivity index (χ0v) is 10.6. The van der Waals surface area contributed by atoms with Gasteiger partial charge in [-0.2, -0.15) is 0 Å². The zero-order chi connectivity index (χ0) is 13.7. The monoisotopic (exact) mass is 254 g/mol. The summed E-state index contributed by atoms with van der Waals surface area (Å²) in [6.07, 6.45) is 3.03. The Morgan fingerprint density at radius 1 is 1.39 bits per heavy atom. The molecule has 18 heavy (non-hydrogen) atoms. The molecular weight excluding hydrogens is 236 g/mol. The van der Waals surface area contributed by atoms with Crippen LogP contribution in [0.2, 0.25) is 0 Å². The normalized spacial score (nSPS) is 16.3. The van der Waals surface area contributed by atoms with Crippen molar-refractivity contribution < 1.29 is 19.5 Å². The van der Waals surface area contributed by atoms with Gasteiger partial charge in [-0.3, -0.25) is 19.3 Å². The third-order valence-corrected chi connectivity index (χ3v) is 2.88.